The van der Waals surface area contributed by atoms with E-state index in [1.807, 2.05) is 49.9 Å². The van der Waals surface area contributed by atoms with Crippen LogP contribution < -0.4 is 15.4 Å². The molecule has 2 N–H and O–H groups in total. The Labute approximate surface area is 207 Å². The van der Waals surface area contributed by atoms with Crippen molar-refractivity contribution in [3.8, 4) is 5.75 Å². The summed E-state index contributed by atoms with van der Waals surface area (Å²) in [5.74, 6) is 2.07. The van der Waals surface area contributed by atoms with Gasteiger partial charge in [-0.2, -0.15) is 0 Å². The average Bonchev–Trinajstić information content (AvgIpc) is 3.31. The molecular weight excluding hydrogens is 519 g/mol. The first kappa shape index (κ1) is 26.0. The topological polar surface area (TPSA) is 83.8 Å². The highest BCUT2D eigenvalue weighted by molar-refractivity contribution is 14.0. The van der Waals surface area contributed by atoms with Crippen molar-refractivity contribution in [3.63, 3.8) is 0 Å². The molecule has 0 saturated carbocycles. The number of guanidine groups is 1. The summed E-state index contributed by atoms with van der Waals surface area (Å²) in [6.45, 7) is 10.1. The normalized spacial score (nSPS) is 18.6. The first-order chi connectivity index (χ1) is 15.1. The Hall–Kier alpha value is -2.30. The Morgan fingerprint density at radius 2 is 2.09 bits per heavy atom. The summed E-state index contributed by atoms with van der Waals surface area (Å²) in [5, 5.41) is 6.17. The summed E-state index contributed by atoms with van der Waals surface area (Å²) in [4.78, 5) is 23.1. The Kier molecular flexibility index (Phi) is 10.8. The number of aliphatic imine (C=N–C) groups is 1. The summed E-state index contributed by atoms with van der Waals surface area (Å²) < 4.78 is 7.81. The van der Waals surface area contributed by atoms with Crippen LogP contribution in [0.5, 0.6) is 5.75 Å². The number of piperidine rings is 1. The second kappa shape index (κ2) is 13.3. The molecule has 0 spiro atoms. The molecule has 1 aromatic heterocycles. The maximum Gasteiger partial charge on any atom is 0.257 e. The summed E-state index contributed by atoms with van der Waals surface area (Å²) in [6.07, 6.45) is 6.89. The van der Waals surface area contributed by atoms with E-state index in [4.69, 9.17) is 9.73 Å². The fourth-order valence-corrected chi connectivity index (χ4v) is 3.82. The highest BCUT2D eigenvalue weighted by Gasteiger charge is 2.28. The molecule has 2 atom stereocenters. The molecular formula is C23H35IN6O2. The Morgan fingerprint density at radius 1 is 1.28 bits per heavy atom. The number of likely N-dealkylation sites (tertiary alicyclic amines) is 1. The zero-order valence-electron chi connectivity index (χ0n) is 19.2. The maximum absolute atomic E-state index is 11.6. The molecule has 9 heteroatoms. The monoisotopic (exact) mass is 554 g/mol. The van der Waals surface area contributed by atoms with Crippen molar-refractivity contribution < 1.29 is 9.53 Å². The molecule has 2 aromatic rings. The van der Waals surface area contributed by atoms with Crippen molar-refractivity contribution in [1.29, 1.82) is 0 Å². The van der Waals surface area contributed by atoms with E-state index in [9.17, 15) is 4.79 Å². The molecule has 0 bridgehead atoms. The molecule has 8 nitrogen and oxygen atoms in total. The van der Waals surface area contributed by atoms with Crippen LogP contribution in [0.15, 0.2) is 48.0 Å². The molecule has 1 aliphatic rings. The van der Waals surface area contributed by atoms with Crippen molar-refractivity contribution >= 4 is 35.8 Å². The molecule has 1 aromatic carbocycles. The number of aromatic nitrogens is 2. The second-order valence-corrected chi connectivity index (χ2v) is 7.85. The van der Waals surface area contributed by atoms with Gasteiger partial charge >= 0.3 is 0 Å². The lowest BCUT2D eigenvalue weighted by atomic mass is 9.93. The molecule has 2 heterocycles. The molecule has 1 saturated heterocycles. The van der Waals surface area contributed by atoms with Crippen LogP contribution in [0, 0.1) is 5.92 Å². The van der Waals surface area contributed by atoms with Crippen LogP contribution in [-0.4, -0.2) is 59.1 Å². The van der Waals surface area contributed by atoms with E-state index >= 15 is 0 Å². The molecule has 1 amide bonds. The van der Waals surface area contributed by atoms with E-state index in [0.29, 0.717) is 30.8 Å². The van der Waals surface area contributed by atoms with E-state index in [0.717, 1.165) is 37.6 Å². The third-order valence-electron chi connectivity index (χ3n) is 5.51. The predicted molar refractivity (Wildman–Crippen MR) is 137 cm³/mol. The number of carbonyl (C=O) groups is 1. The quantitative estimate of drug-likeness (QED) is 0.298. The van der Waals surface area contributed by atoms with Gasteiger partial charge in [-0.1, -0.05) is 19.1 Å². The summed E-state index contributed by atoms with van der Waals surface area (Å²) >= 11 is 0. The molecule has 1 fully saturated rings. The number of ether oxygens (including phenoxy) is 1. The van der Waals surface area contributed by atoms with E-state index in [-0.39, 0.29) is 36.5 Å². The van der Waals surface area contributed by atoms with Crippen LogP contribution >= 0.6 is 24.0 Å². The molecule has 176 valence electrons. The Bertz CT molecular complexity index is 858. The Balaban J connectivity index is 0.00000363. The number of benzene rings is 1. The highest BCUT2D eigenvalue weighted by Crippen LogP contribution is 2.27. The standard InChI is InChI=1S/C23H34N6O2.HI/c1-4-25-22(30)16-31-20-8-6-7-19(13-20)14-27-23(26-5-2)28-11-9-18(3)21(15-28)29-12-10-24-17-29;/h6-8,10,12-13,17-18,21H,4-5,9,11,14-16H2,1-3H3,(H,25,30)(H,26,27);1H. The van der Waals surface area contributed by atoms with Crippen LogP contribution in [-0.2, 0) is 11.3 Å². The molecule has 0 radical (unpaired) electrons. The molecule has 32 heavy (non-hydrogen) atoms. The van der Waals surface area contributed by atoms with Gasteiger partial charge in [0, 0.05) is 38.6 Å². The lowest BCUT2D eigenvalue weighted by molar-refractivity contribution is -0.122. The van der Waals surface area contributed by atoms with Crippen molar-refractivity contribution in [2.75, 3.05) is 32.8 Å². The number of amides is 1. The van der Waals surface area contributed by atoms with Crippen LogP contribution in [0.3, 0.4) is 0 Å². The smallest absolute Gasteiger partial charge is 0.257 e. The van der Waals surface area contributed by atoms with Crippen molar-refractivity contribution in [2.45, 2.75) is 39.8 Å². The van der Waals surface area contributed by atoms with E-state index in [2.05, 4.69) is 38.9 Å². The molecule has 3 rings (SSSR count). The van der Waals surface area contributed by atoms with E-state index in [1.165, 1.54) is 0 Å². The number of nitrogens with zero attached hydrogens (tertiary/aromatic N) is 4. The van der Waals surface area contributed by atoms with Crippen LogP contribution in [0.25, 0.3) is 0 Å². The number of hydrogen-bond acceptors (Lipinski definition) is 4. The summed E-state index contributed by atoms with van der Waals surface area (Å²) in [5.41, 5.74) is 1.04. The van der Waals surface area contributed by atoms with Gasteiger partial charge in [0.05, 0.1) is 18.9 Å². The van der Waals surface area contributed by atoms with Crippen molar-refractivity contribution in [2.24, 2.45) is 10.9 Å². The van der Waals surface area contributed by atoms with Gasteiger partial charge in [-0.15, -0.1) is 24.0 Å². The van der Waals surface area contributed by atoms with Gasteiger partial charge in [0.1, 0.15) is 5.75 Å². The van der Waals surface area contributed by atoms with E-state index in [1.54, 1.807) is 0 Å². The zero-order chi connectivity index (χ0) is 22.1. The van der Waals surface area contributed by atoms with Crippen molar-refractivity contribution in [3.05, 3.63) is 48.5 Å². The summed E-state index contributed by atoms with van der Waals surface area (Å²) in [7, 11) is 0. The van der Waals surface area contributed by atoms with Gasteiger partial charge in [0.2, 0.25) is 0 Å². The van der Waals surface area contributed by atoms with Crippen LogP contribution in [0.2, 0.25) is 0 Å². The van der Waals surface area contributed by atoms with Crippen LogP contribution in [0.4, 0.5) is 0 Å². The fraction of sp³-hybridized carbons (Fsp3) is 0.522. The number of halogens is 1. The SMILES string of the molecule is CCNC(=O)COc1cccc(CN=C(NCC)N2CCC(C)C(n3ccnc3)C2)c1.I. The molecule has 2 unspecified atom stereocenters. The first-order valence-electron chi connectivity index (χ1n) is 11.1. The Morgan fingerprint density at radius 3 is 2.81 bits per heavy atom. The van der Waals surface area contributed by atoms with Crippen molar-refractivity contribution in [1.82, 2.24) is 25.1 Å². The maximum atomic E-state index is 11.6. The van der Waals surface area contributed by atoms with Crippen LogP contribution in [0.1, 0.15) is 38.8 Å². The number of carbonyl (C=O) groups excluding carboxylic acids is 1. The van der Waals surface area contributed by atoms with Gasteiger partial charge in [0.15, 0.2) is 12.6 Å². The predicted octanol–water partition coefficient (Wildman–Crippen LogP) is 3.06. The number of likely N-dealkylation sites (N-methyl/N-ethyl adjacent to an activating group) is 1. The number of hydrogen-bond donors (Lipinski definition) is 2. The lowest BCUT2D eigenvalue weighted by Gasteiger charge is -2.39. The van der Waals surface area contributed by atoms with Gasteiger partial charge in [-0.05, 0) is 43.9 Å². The van der Waals surface area contributed by atoms with Gasteiger partial charge in [0.25, 0.3) is 5.91 Å². The minimum absolute atomic E-state index is 0. The first-order valence-corrected chi connectivity index (χ1v) is 11.1. The third kappa shape index (κ3) is 7.39. The number of nitrogens with one attached hydrogen (secondary N) is 2. The van der Waals surface area contributed by atoms with Gasteiger partial charge in [-0.25, -0.2) is 9.98 Å². The summed E-state index contributed by atoms with van der Waals surface area (Å²) in [6, 6.07) is 8.14. The minimum Gasteiger partial charge on any atom is -0.484 e. The highest BCUT2D eigenvalue weighted by atomic mass is 127. The second-order valence-electron chi connectivity index (χ2n) is 7.85. The fourth-order valence-electron chi connectivity index (χ4n) is 3.82. The van der Waals surface area contributed by atoms with E-state index < -0.39 is 0 Å². The van der Waals surface area contributed by atoms with Gasteiger partial charge in [-0.3, -0.25) is 4.79 Å². The zero-order valence-corrected chi connectivity index (χ0v) is 21.5. The number of imidazole rings is 1. The average molecular weight is 554 g/mol. The lowest BCUT2D eigenvalue weighted by Crippen LogP contribution is -2.49. The third-order valence-corrected chi connectivity index (χ3v) is 5.51. The number of rotatable bonds is 8. The largest absolute Gasteiger partial charge is 0.484 e. The molecule has 1 aliphatic heterocycles. The molecule has 0 aliphatic carbocycles. The van der Waals surface area contributed by atoms with Gasteiger partial charge < -0.3 is 24.8 Å². The minimum atomic E-state index is -0.118.